The first-order valence-electron chi connectivity index (χ1n) is 7.01. The first-order valence-corrected chi connectivity index (χ1v) is 8.17. The van der Waals surface area contributed by atoms with Gasteiger partial charge in [-0.2, -0.15) is 11.8 Å². The normalized spacial score (nSPS) is 16.3. The maximum Gasteiger partial charge on any atom is 0.321 e. The molecule has 1 aromatic carbocycles. The first-order chi connectivity index (χ1) is 10.1. The van der Waals surface area contributed by atoms with Crippen LogP contribution in [-0.4, -0.2) is 46.6 Å². The Kier molecular flexibility index (Phi) is 5.50. The number of carbonyl (C=O) groups is 2. The van der Waals surface area contributed by atoms with Crippen LogP contribution < -0.4 is 5.32 Å². The third kappa shape index (κ3) is 4.67. The van der Waals surface area contributed by atoms with E-state index in [2.05, 4.69) is 5.32 Å². The molecule has 2 rings (SSSR count). The van der Waals surface area contributed by atoms with E-state index in [1.54, 1.807) is 0 Å². The van der Waals surface area contributed by atoms with E-state index < -0.39 is 5.97 Å². The molecule has 1 fully saturated rings. The topological polar surface area (TPSA) is 69.6 Å². The lowest BCUT2D eigenvalue weighted by molar-refractivity contribution is -0.137. The van der Waals surface area contributed by atoms with Crippen LogP contribution in [0.5, 0.6) is 0 Å². The summed E-state index contributed by atoms with van der Waals surface area (Å²) in [5, 5.41) is 11.7. The number of nitrogens with one attached hydrogen (secondary N) is 1. The van der Waals surface area contributed by atoms with Crippen molar-refractivity contribution in [1.82, 2.24) is 4.90 Å². The van der Waals surface area contributed by atoms with Gasteiger partial charge in [0.25, 0.3) is 0 Å². The number of amides is 2. The molecule has 0 aromatic heterocycles. The highest BCUT2D eigenvalue weighted by atomic mass is 32.2. The van der Waals surface area contributed by atoms with Crippen LogP contribution in [0.3, 0.4) is 0 Å². The number of nitrogens with zero attached hydrogens (tertiary/aromatic N) is 1. The maximum atomic E-state index is 12.1. The molecule has 21 heavy (non-hydrogen) atoms. The lowest BCUT2D eigenvalue weighted by Crippen LogP contribution is -2.40. The standard InChI is InChI=1S/C15H20N2O3S/c1-11(10-14(18)19)12-2-4-13(5-3-12)16-15(20)17-6-8-21-9-7-17/h2-5,11H,6-10H2,1H3,(H,16,20)(H,18,19). The largest absolute Gasteiger partial charge is 0.481 e. The Hall–Kier alpha value is -1.69. The van der Waals surface area contributed by atoms with Crippen molar-refractivity contribution in [3.05, 3.63) is 29.8 Å². The van der Waals surface area contributed by atoms with Gasteiger partial charge >= 0.3 is 12.0 Å². The van der Waals surface area contributed by atoms with Crippen molar-refractivity contribution in [1.29, 1.82) is 0 Å². The van der Waals surface area contributed by atoms with Crippen LogP contribution in [0.15, 0.2) is 24.3 Å². The molecule has 1 aliphatic heterocycles. The quantitative estimate of drug-likeness (QED) is 0.897. The first kappa shape index (κ1) is 15.7. The number of carboxylic acid groups (broad SMARTS) is 1. The van der Waals surface area contributed by atoms with Crippen LogP contribution >= 0.6 is 11.8 Å². The molecule has 0 bridgehead atoms. The third-order valence-corrected chi connectivity index (χ3v) is 4.45. The van der Waals surface area contributed by atoms with E-state index >= 15 is 0 Å². The number of carbonyl (C=O) groups excluding carboxylic acids is 1. The Morgan fingerprint density at radius 2 is 1.90 bits per heavy atom. The van der Waals surface area contributed by atoms with Gasteiger partial charge in [0, 0.05) is 30.3 Å². The molecule has 0 saturated carbocycles. The van der Waals surface area contributed by atoms with Crippen molar-refractivity contribution < 1.29 is 14.7 Å². The van der Waals surface area contributed by atoms with Gasteiger partial charge in [-0.25, -0.2) is 4.79 Å². The minimum atomic E-state index is -0.803. The molecule has 0 radical (unpaired) electrons. The zero-order valence-electron chi connectivity index (χ0n) is 12.0. The van der Waals surface area contributed by atoms with E-state index in [4.69, 9.17) is 5.11 Å². The summed E-state index contributed by atoms with van der Waals surface area (Å²) in [6.07, 6.45) is 0.108. The number of hydrogen-bond donors (Lipinski definition) is 2. The van der Waals surface area contributed by atoms with E-state index in [1.165, 1.54) is 0 Å². The fourth-order valence-electron chi connectivity index (χ4n) is 2.24. The summed E-state index contributed by atoms with van der Waals surface area (Å²) < 4.78 is 0. The van der Waals surface area contributed by atoms with Gasteiger partial charge in [0.1, 0.15) is 0 Å². The SMILES string of the molecule is CC(CC(=O)O)c1ccc(NC(=O)N2CCSCC2)cc1. The van der Waals surface area contributed by atoms with E-state index in [0.29, 0.717) is 0 Å². The molecule has 1 unspecified atom stereocenters. The Bertz CT molecular complexity index is 498. The monoisotopic (exact) mass is 308 g/mol. The number of thioether (sulfide) groups is 1. The zero-order chi connectivity index (χ0) is 15.2. The summed E-state index contributed by atoms with van der Waals surface area (Å²) in [4.78, 5) is 24.6. The van der Waals surface area contributed by atoms with Crippen LogP contribution in [0.25, 0.3) is 0 Å². The van der Waals surface area contributed by atoms with E-state index in [9.17, 15) is 9.59 Å². The number of benzene rings is 1. The molecule has 1 atom stereocenters. The Morgan fingerprint density at radius 3 is 2.48 bits per heavy atom. The molecule has 0 spiro atoms. The number of hydrogen-bond acceptors (Lipinski definition) is 3. The van der Waals surface area contributed by atoms with Gasteiger partial charge in [-0.3, -0.25) is 4.79 Å². The Balaban J connectivity index is 1.92. The highest BCUT2D eigenvalue weighted by Gasteiger charge is 2.16. The van der Waals surface area contributed by atoms with Crippen LogP contribution in [0.2, 0.25) is 0 Å². The minimum absolute atomic E-state index is 0.0358. The van der Waals surface area contributed by atoms with Crippen LogP contribution in [0.4, 0.5) is 10.5 Å². The number of carboxylic acids is 1. The summed E-state index contributed by atoms with van der Waals surface area (Å²) in [5.41, 5.74) is 1.70. The Morgan fingerprint density at radius 1 is 1.29 bits per heavy atom. The van der Waals surface area contributed by atoms with E-state index in [1.807, 2.05) is 47.9 Å². The number of aliphatic carboxylic acids is 1. The van der Waals surface area contributed by atoms with Crippen molar-refractivity contribution >= 4 is 29.4 Å². The molecular weight excluding hydrogens is 288 g/mol. The molecule has 1 heterocycles. The maximum absolute atomic E-state index is 12.1. The smallest absolute Gasteiger partial charge is 0.321 e. The molecule has 1 saturated heterocycles. The zero-order valence-corrected chi connectivity index (χ0v) is 12.9. The Labute approximate surface area is 128 Å². The molecule has 5 nitrogen and oxygen atoms in total. The molecule has 114 valence electrons. The van der Waals surface area contributed by atoms with E-state index in [-0.39, 0.29) is 18.4 Å². The van der Waals surface area contributed by atoms with Crippen molar-refractivity contribution in [3.63, 3.8) is 0 Å². The summed E-state index contributed by atoms with van der Waals surface area (Å²) in [6, 6.07) is 7.32. The lowest BCUT2D eigenvalue weighted by Gasteiger charge is -2.26. The van der Waals surface area contributed by atoms with Crippen molar-refractivity contribution in [2.75, 3.05) is 29.9 Å². The van der Waals surface area contributed by atoms with Gasteiger partial charge in [-0.1, -0.05) is 19.1 Å². The molecular formula is C15H20N2O3S. The van der Waals surface area contributed by atoms with Gasteiger partial charge in [0.2, 0.25) is 0 Å². The summed E-state index contributed by atoms with van der Waals surface area (Å²) in [5.74, 6) is 1.13. The molecule has 1 aliphatic rings. The number of urea groups is 1. The second kappa shape index (κ2) is 7.36. The minimum Gasteiger partial charge on any atom is -0.481 e. The average molecular weight is 308 g/mol. The van der Waals surface area contributed by atoms with Crippen LogP contribution in [0.1, 0.15) is 24.8 Å². The van der Waals surface area contributed by atoms with Crippen molar-refractivity contribution in [2.24, 2.45) is 0 Å². The average Bonchev–Trinajstić information content (AvgIpc) is 2.48. The summed E-state index contributed by atoms with van der Waals surface area (Å²) in [6.45, 7) is 3.45. The van der Waals surface area contributed by atoms with Gasteiger partial charge in [-0.15, -0.1) is 0 Å². The second-order valence-electron chi connectivity index (χ2n) is 5.15. The fourth-order valence-corrected chi connectivity index (χ4v) is 3.15. The molecule has 0 aliphatic carbocycles. The predicted molar refractivity (Wildman–Crippen MR) is 85.0 cm³/mol. The summed E-state index contributed by atoms with van der Waals surface area (Å²) >= 11 is 1.86. The van der Waals surface area contributed by atoms with Crippen LogP contribution in [0, 0.1) is 0 Å². The van der Waals surface area contributed by atoms with E-state index in [0.717, 1.165) is 35.8 Å². The molecule has 2 amide bonds. The second-order valence-corrected chi connectivity index (χ2v) is 6.38. The molecule has 1 aromatic rings. The fraction of sp³-hybridized carbons (Fsp3) is 0.467. The van der Waals surface area contributed by atoms with Gasteiger partial charge in [-0.05, 0) is 23.6 Å². The van der Waals surface area contributed by atoms with Crippen LogP contribution in [-0.2, 0) is 4.79 Å². The van der Waals surface area contributed by atoms with Crippen molar-refractivity contribution in [2.45, 2.75) is 19.3 Å². The number of rotatable bonds is 4. The predicted octanol–water partition coefficient (Wildman–Crippen LogP) is 2.85. The molecule has 6 heteroatoms. The summed E-state index contributed by atoms with van der Waals surface area (Å²) in [7, 11) is 0. The lowest BCUT2D eigenvalue weighted by atomic mass is 9.98. The number of anilines is 1. The van der Waals surface area contributed by atoms with Gasteiger partial charge in [0.15, 0.2) is 0 Å². The molecule has 2 N–H and O–H groups in total. The van der Waals surface area contributed by atoms with Gasteiger partial charge < -0.3 is 15.3 Å². The van der Waals surface area contributed by atoms with Gasteiger partial charge in [0.05, 0.1) is 6.42 Å². The third-order valence-electron chi connectivity index (χ3n) is 3.51. The highest BCUT2D eigenvalue weighted by molar-refractivity contribution is 7.99. The highest BCUT2D eigenvalue weighted by Crippen LogP contribution is 2.21. The van der Waals surface area contributed by atoms with Crippen molar-refractivity contribution in [3.8, 4) is 0 Å².